The maximum absolute atomic E-state index is 5.82. The molecule has 0 saturated heterocycles. The Hall–Kier alpha value is -3.13. The third-order valence-electron chi connectivity index (χ3n) is 6.06. The van der Waals surface area contributed by atoms with Gasteiger partial charge in [0, 0.05) is 24.8 Å². The zero-order chi connectivity index (χ0) is 21.8. The Morgan fingerprint density at radius 3 is 2.66 bits per heavy atom. The van der Waals surface area contributed by atoms with Crippen LogP contribution in [-0.4, -0.2) is 25.6 Å². The van der Waals surface area contributed by atoms with E-state index in [-0.39, 0.29) is 0 Å². The minimum Gasteiger partial charge on any atom is -0.399 e. The van der Waals surface area contributed by atoms with Crippen molar-refractivity contribution < 1.29 is 0 Å². The van der Waals surface area contributed by atoms with Crippen molar-refractivity contribution in [3.63, 3.8) is 0 Å². The summed E-state index contributed by atoms with van der Waals surface area (Å²) in [7, 11) is 0. The van der Waals surface area contributed by atoms with Gasteiger partial charge in [-0.15, -0.1) is 0 Å². The molecule has 3 heterocycles. The summed E-state index contributed by atoms with van der Waals surface area (Å²) in [5.41, 5.74) is 10.7. The number of anilines is 3. The molecule has 1 aliphatic carbocycles. The van der Waals surface area contributed by atoms with Crippen molar-refractivity contribution in [1.29, 1.82) is 0 Å². The highest BCUT2D eigenvalue weighted by molar-refractivity contribution is 7.07. The van der Waals surface area contributed by atoms with E-state index in [0.717, 1.165) is 41.2 Å². The van der Waals surface area contributed by atoms with Crippen molar-refractivity contribution in [3.05, 3.63) is 58.5 Å². The zero-order valence-electron chi connectivity index (χ0n) is 18.1. The Labute approximate surface area is 192 Å². The number of imidazole rings is 1. The number of aryl methyl sites for hydroxylation is 2. The van der Waals surface area contributed by atoms with Gasteiger partial charge in [0.2, 0.25) is 5.95 Å². The van der Waals surface area contributed by atoms with Gasteiger partial charge in [-0.25, -0.2) is 4.98 Å². The molecule has 0 aliphatic heterocycles. The number of fused-ring (bicyclic) bond motifs is 1. The molecule has 1 aromatic carbocycles. The third kappa shape index (κ3) is 4.85. The second-order valence-corrected chi connectivity index (χ2v) is 9.24. The number of nitrogens with zero attached hydrogens (tertiary/aromatic N) is 4. The van der Waals surface area contributed by atoms with Gasteiger partial charge in [-0.3, -0.25) is 0 Å². The molecule has 4 N–H and O–H groups in total. The number of nitrogen functional groups attached to an aromatic ring is 1. The van der Waals surface area contributed by atoms with E-state index in [9.17, 15) is 0 Å². The molecule has 0 unspecified atom stereocenters. The van der Waals surface area contributed by atoms with Crippen LogP contribution in [0.5, 0.6) is 0 Å². The second kappa shape index (κ2) is 9.56. The predicted molar refractivity (Wildman–Crippen MR) is 132 cm³/mol. The summed E-state index contributed by atoms with van der Waals surface area (Å²) in [5.74, 6) is 1.45. The number of hydrogen-bond acceptors (Lipinski definition) is 7. The topological polar surface area (TPSA) is 93.7 Å². The van der Waals surface area contributed by atoms with Crippen LogP contribution in [0.25, 0.3) is 11.2 Å². The maximum Gasteiger partial charge on any atom is 0.227 e. The molecule has 0 amide bonds. The van der Waals surface area contributed by atoms with Crippen molar-refractivity contribution >= 4 is 40.0 Å². The molecule has 0 radical (unpaired) electrons. The lowest BCUT2D eigenvalue weighted by Gasteiger charge is -2.23. The third-order valence-corrected chi connectivity index (χ3v) is 6.80. The summed E-state index contributed by atoms with van der Waals surface area (Å²) in [4.78, 5) is 14.4. The van der Waals surface area contributed by atoms with Gasteiger partial charge in [0.05, 0.1) is 6.33 Å². The molecule has 4 aromatic rings. The first kappa shape index (κ1) is 20.8. The fourth-order valence-corrected chi connectivity index (χ4v) is 4.93. The number of hydrogen-bond donors (Lipinski definition) is 3. The molecule has 1 fully saturated rings. The number of nitrogens with one attached hydrogen (secondary N) is 2. The molecule has 1 saturated carbocycles. The van der Waals surface area contributed by atoms with Crippen LogP contribution in [0.4, 0.5) is 17.5 Å². The average Bonchev–Trinajstić information content (AvgIpc) is 3.48. The molecule has 1 aliphatic rings. The summed E-state index contributed by atoms with van der Waals surface area (Å²) >= 11 is 1.73. The van der Waals surface area contributed by atoms with Crippen molar-refractivity contribution in [2.75, 3.05) is 16.4 Å². The predicted octanol–water partition coefficient (Wildman–Crippen LogP) is 5.07. The first-order chi connectivity index (χ1) is 15.7. The molecule has 8 heteroatoms. The van der Waals surface area contributed by atoms with Gasteiger partial charge in [0.25, 0.3) is 0 Å². The van der Waals surface area contributed by atoms with Gasteiger partial charge < -0.3 is 20.9 Å². The Balaban J connectivity index is 1.41. The van der Waals surface area contributed by atoms with Gasteiger partial charge in [-0.05, 0) is 59.3 Å². The van der Waals surface area contributed by atoms with Crippen LogP contribution in [0.1, 0.15) is 43.2 Å². The fourth-order valence-electron chi connectivity index (χ4n) is 4.23. The summed E-state index contributed by atoms with van der Waals surface area (Å²) in [6.45, 7) is 1.49. The van der Waals surface area contributed by atoms with E-state index >= 15 is 0 Å². The molecule has 166 valence electrons. The largest absolute Gasteiger partial charge is 0.399 e. The Bertz CT molecular complexity index is 1150. The standard InChI is InChI=1S/C24H29N7S/c25-19-8-6-17(7-9-19)14-26-22-21-23(30-24(29-22)28-20-4-2-1-3-5-20)31(16-27-21)12-10-18-11-13-32-15-18/h6-9,11,13,15-16,20H,1-5,10,12,14,25H2,(H2,26,28,29,30). The van der Waals surface area contributed by atoms with Crippen LogP contribution in [0, 0.1) is 0 Å². The number of aromatic nitrogens is 4. The van der Waals surface area contributed by atoms with E-state index in [2.05, 4.69) is 37.0 Å². The van der Waals surface area contributed by atoms with Crippen LogP contribution in [0.3, 0.4) is 0 Å². The van der Waals surface area contributed by atoms with E-state index in [1.807, 2.05) is 30.6 Å². The van der Waals surface area contributed by atoms with E-state index in [1.165, 1.54) is 37.7 Å². The van der Waals surface area contributed by atoms with Crippen molar-refractivity contribution in [2.45, 2.75) is 57.7 Å². The van der Waals surface area contributed by atoms with Crippen LogP contribution in [0.2, 0.25) is 0 Å². The Kier molecular flexibility index (Phi) is 6.20. The summed E-state index contributed by atoms with van der Waals surface area (Å²) in [5, 5.41) is 11.4. The molecule has 0 spiro atoms. The van der Waals surface area contributed by atoms with Crippen LogP contribution < -0.4 is 16.4 Å². The minimum absolute atomic E-state index is 0.438. The molecule has 3 aromatic heterocycles. The summed E-state index contributed by atoms with van der Waals surface area (Å²) < 4.78 is 2.13. The summed E-state index contributed by atoms with van der Waals surface area (Å²) in [6.07, 6.45) is 9.03. The van der Waals surface area contributed by atoms with Gasteiger partial charge >= 0.3 is 0 Å². The van der Waals surface area contributed by atoms with E-state index in [4.69, 9.17) is 15.7 Å². The smallest absolute Gasteiger partial charge is 0.227 e. The highest BCUT2D eigenvalue weighted by Crippen LogP contribution is 2.25. The number of nitrogens with two attached hydrogens (primary N) is 1. The van der Waals surface area contributed by atoms with Crippen molar-refractivity contribution in [1.82, 2.24) is 19.5 Å². The van der Waals surface area contributed by atoms with Gasteiger partial charge in [0.15, 0.2) is 17.0 Å². The number of rotatable bonds is 8. The quantitative estimate of drug-likeness (QED) is 0.327. The highest BCUT2D eigenvalue weighted by Gasteiger charge is 2.18. The fraction of sp³-hybridized carbons (Fsp3) is 0.375. The van der Waals surface area contributed by atoms with Crippen LogP contribution >= 0.6 is 11.3 Å². The van der Waals surface area contributed by atoms with E-state index in [0.29, 0.717) is 18.5 Å². The SMILES string of the molecule is Nc1ccc(CNc2nc(NC3CCCCC3)nc3c2ncn3CCc2ccsc2)cc1. The minimum atomic E-state index is 0.438. The van der Waals surface area contributed by atoms with Gasteiger partial charge in [0.1, 0.15) is 0 Å². The van der Waals surface area contributed by atoms with Gasteiger partial charge in [-0.2, -0.15) is 21.3 Å². The average molecular weight is 448 g/mol. The van der Waals surface area contributed by atoms with Crippen molar-refractivity contribution in [2.24, 2.45) is 0 Å². The maximum atomic E-state index is 5.82. The monoisotopic (exact) mass is 447 g/mol. The highest BCUT2D eigenvalue weighted by atomic mass is 32.1. The van der Waals surface area contributed by atoms with Gasteiger partial charge in [-0.1, -0.05) is 31.4 Å². The lowest BCUT2D eigenvalue weighted by molar-refractivity contribution is 0.461. The molecule has 0 atom stereocenters. The summed E-state index contributed by atoms with van der Waals surface area (Å²) in [6, 6.07) is 10.5. The molecule has 0 bridgehead atoms. The number of thiophene rings is 1. The molecule has 5 rings (SSSR count). The van der Waals surface area contributed by atoms with Crippen LogP contribution in [0.15, 0.2) is 47.4 Å². The zero-order valence-corrected chi connectivity index (χ0v) is 18.9. The normalized spacial score (nSPS) is 14.6. The Morgan fingerprint density at radius 2 is 1.88 bits per heavy atom. The molecule has 32 heavy (non-hydrogen) atoms. The van der Waals surface area contributed by atoms with E-state index < -0.39 is 0 Å². The van der Waals surface area contributed by atoms with E-state index in [1.54, 1.807) is 11.3 Å². The first-order valence-corrected chi connectivity index (χ1v) is 12.3. The lowest BCUT2D eigenvalue weighted by Crippen LogP contribution is -2.24. The second-order valence-electron chi connectivity index (χ2n) is 8.46. The molecular weight excluding hydrogens is 418 g/mol. The lowest BCUT2D eigenvalue weighted by atomic mass is 9.96. The number of benzene rings is 1. The van der Waals surface area contributed by atoms with Crippen molar-refractivity contribution in [3.8, 4) is 0 Å². The molecule has 7 nitrogen and oxygen atoms in total. The Morgan fingerprint density at radius 1 is 1.03 bits per heavy atom. The first-order valence-electron chi connectivity index (χ1n) is 11.3. The van der Waals surface area contributed by atoms with Crippen LogP contribution in [-0.2, 0) is 19.5 Å². The molecular formula is C24H29N7S.